The van der Waals surface area contributed by atoms with E-state index in [0.29, 0.717) is 0 Å². The second-order valence-electron chi connectivity index (χ2n) is 4.47. The molecule has 0 radical (unpaired) electrons. The molecule has 14 heavy (non-hydrogen) atoms. The molecule has 1 saturated carbocycles. The molecule has 0 aromatic rings. The maximum atomic E-state index is 5.72. The summed E-state index contributed by atoms with van der Waals surface area (Å²) >= 11 is 0. The zero-order chi connectivity index (χ0) is 10.0. The molecule has 0 N–H and O–H groups in total. The number of unbranched alkanes of at least 4 members (excludes halogenated alkanes) is 1. The number of hydrogen-bond donors (Lipinski definition) is 0. The van der Waals surface area contributed by atoms with Gasteiger partial charge in [0.1, 0.15) is 5.60 Å². The number of methoxy groups -OCH3 is 1. The first-order valence-electron chi connectivity index (χ1n) is 5.75. The van der Waals surface area contributed by atoms with E-state index in [9.17, 15) is 0 Å². The van der Waals surface area contributed by atoms with Gasteiger partial charge in [-0.05, 0) is 37.2 Å². The minimum atomic E-state index is -0.0239. The Kier molecular flexibility index (Phi) is 2.78. The van der Waals surface area contributed by atoms with Gasteiger partial charge in [-0.1, -0.05) is 31.6 Å². The van der Waals surface area contributed by atoms with Crippen LogP contribution in [0.1, 0.15) is 39.0 Å². The Morgan fingerprint density at radius 3 is 3.07 bits per heavy atom. The van der Waals surface area contributed by atoms with Gasteiger partial charge in [-0.2, -0.15) is 0 Å². The zero-order valence-electron chi connectivity index (χ0n) is 9.25. The monoisotopic (exact) mass is 192 g/mol. The van der Waals surface area contributed by atoms with Crippen LogP contribution in [-0.4, -0.2) is 12.7 Å². The normalized spacial score (nSPS) is 38.1. The molecule has 3 aliphatic carbocycles. The van der Waals surface area contributed by atoms with Gasteiger partial charge in [-0.15, -0.1) is 0 Å². The average Bonchev–Trinajstić information content (AvgIpc) is 2.28. The molecule has 2 unspecified atom stereocenters. The van der Waals surface area contributed by atoms with Gasteiger partial charge in [0.15, 0.2) is 0 Å². The van der Waals surface area contributed by atoms with Crippen LogP contribution in [0.3, 0.4) is 0 Å². The minimum absolute atomic E-state index is 0.0239. The molecule has 0 heterocycles. The maximum Gasteiger partial charge on any atom is 0.107 e. The van der Waals surface area contributed by atoms with Crippen molar-refractivity contribution in [2.24, 2.45) is 5.92 Å². The van der Waals surface area contributed by atoms with Crippen molar-refractivity contribution in [1.29, 1.82) is 0 Å². The molecule has 2 atom stereocenters. The molecule has 0 spiro atoms. The summed E-state index contributed by atoms with van der Waals surface area (Å²) < 4.78 is 5.72. The lowest BCUT2D eigenvalue weighted by molar-refractivity contribution is 0.0278. The van der Waals surface area contributed by atoms with Crippen molar-refractivity contribution >= 4 is 0 Å². The fraction of sp³-hybridized carbons (Fsp3) is 0.692. The van der Waals surface area contributed by atoms with Gasteiger partial charge in [0.2, 0.25) is 0 Å². The number of rotatable bonds is 3. The minimum Gasteiger partial charge on any atom is -0.370 e. The molecule has 0 saturated heterocycles. The largest absolute Gasteiger partial charge is 0.370 e. The molecule has 1 heteroatoms. The topological polar surface area (TPSA) is 9.23 Å². The Labute approximate surface area is 86.8 Å². The molecule has 0 aliphatic heterocycles. The van der Waals surface area contributed by atoms with Gasteiger partial charge in [0.25, 0.3) is 0 Å². The highest BCUT2D eigenvalue weighted by Gasteiger charge is 2.40. The Morgan fingerprint density at radius 2 is 2.50 bits per heavy atom. The Morgan fingerprint density at radius 1 is 1.64 bits per heavy atom. The number of hydrogen-bond acceptors (Lipinski definition) is 1. The van der Waals surface area contributed by atoms with E-state index < -0.39 is 0 Å². The van der Waals surface area contributed by atoms with Gasteiger partial charge >= 0.3 is 0 Å². The van der Waals surface area contributed by atoms with Crippen LogP contribution in [0.2, 0.25) is 0 Å². The highest BCUT2D eigenvalue weighted by atomic mass is 16.5. The van der Waals surface area contributed by atoms with Crippen LogP contribution < -0.4 is 0 Å². The Balaban J connectivity index is 2.22. The van der Waals surface area contributed by atoms with E-state index >= 15 is 0 Å². The van der Waals surface area contributed by atoms with Crippen LogP contribution in [0.4, 0.5) is 0 Å². The number of ether oxygens (including phenoxy) is 1. The molecule has 0 amide bonds. The van der Waals surface area contributed by atoms with E-state index in [4.69, 9.17) is 4.74 Å². The third kappa shape index (κ3) is 1.54. The van der Waals surface area contributed by atoms with Gasteiger partial charge in [-0.25, -0.2) is 0 Å². The molecule has 0 aromatic carbocycles. The van der Waals surface area contributed by atoms with E-state index in [1.165, 1.54) is 37.7 Å². The summed E-state index contributed by atoms with van der Waals surface area (Å²) in [6, 6.07) is 0. The van der Waals surface area contributed by atoms with Crippen LogP contribution >= 0.6 is 0 Å². The van der Waals surface area contributed by atoms with Crippen LogP contribution in [0.15, 0.2) is 23.8 Å². The predicted molar refractivity (Wildman–Crippen MR) is 59.2 cm³/mol. The number of allylic oxidation sites excluding steroid dienone is 2. The summed E-state index contributed by atoms with van der Waals surface area (Å²) in [5.74, 6) is 0.787. The van der Waals surface area contributed by atoms with Crippen LogP contribution in [0.5, 0.6) is 0 Å². The summed E-state index contributed by atoms with van der Waals surface area (Å²) in [5, 5.41) is 0. The van der Waals surface area contributed by atoms with Crippen LogP contribution in [0.25, 0.3) is 0 Å². The lowest BCUT2D eigenvalue weighted by Crippen LogP contribution is -2.40. The van der Waals surface area contributed by atoms with Crippen molar-refractivity contribution in [3.05, 3.63) is 23.8 Å². The first kappa shape index (κ1) is 9.97. The van der Waals surface area contributed by atoms with Gasteiger partial charge in [-0.3, -0.25) is 0 Å². The summed E-state index contributed by atoms with van der Waals surface area (Å²) in [7, 11) is 1.84. The van der Waals surface area contributed by atoms with E-state index in [1.54, 1.807) is 0 Å². The highest BCUT2D eigenvalue weighted by Crippen LogP contribution is 2.45. The van der Waals surface area contributed by atoms with E-state index in [0.717, 1.165) is 5.92 Å². The van der Waals surface area contributed by atoms with Crippen molar-refractivity contribution < 1.29 is 4.74 Å². The SMILES string of the molecule is CCC/C=C1\CC2C=CC1(OC)CC2. The standard InChI is InChI=1S/C13H20O/c1-3-4-5-12-10-11-6-8-13(12,14-2)9-7-11/h5-6,8,11H,3-4,7,9-10H2,1-2H3/b12-5+. The predicted octanol–water partition coefficient (Wildman–Crippen LogP) is 3.47. The molecule has 78 valence electrons. The lowest BCUT2D eigenvalue weighted by Gasteiger charge is -2.43. The third-order valence-corrected chi connectivity index (χ3v) is 3.59. The van der Waals surface area contributed by atoms with Gasteiger partial charge < -0.3 is 4.74 Å². The first-order valence-corrected chi connectivity index (χ1v) is 5.75. The van der Waals surface area contributed by atoms with Gasteiger partial charge in [0.05, 0.1) is 0 Å². The van der Waals surface area contributed by atoms with Crippen molar-refractivity contribution in [2.45, 2.75) is 44.6 Å². The highest BCUT2D eigenvalue weighted by molar-refractivity contribution is 5.33. The maximum absolute atomic E-state index is 5.72. The van der Waals surface area contributed by atoms with Crippen LogP contribution in [-0.2, 0) is 4.74 Å². The summed E-state index contributed by atoms with van der Waals surface area (Å²) in [5.41, 5.74) is 1.50. The summed E-state index contributed by atoms with van der Waals surface area (Å²) in [4.78, 5) is 0. The Bertz CT molecular complexity index is 264. The van der Waals surface area contributed by atoms with Crippen molar-refractivity contribution in [2.75, 3.05) is 7.11 Å². The van der Waals surface area contributed by atoms with E-state index in [2.05, 4.69) is 25.2 Å². The van der Waals surface area contributed by atoms with Crippen molar-refractivity contribution in [3.63, 3.8) is 0 Å². The molecular formula is C13H20O. The molecule has 1 fully saturated rings. The van der Waals surface area contributed by atoms with E-state index in [1.807, 2.05) is 7.11 Å². The van der Waals surface area contributed by atoms with Crippen molar-refractivity contribution in [1.82, 2.24) is 0 Å². The molecule has 3 rings (SSSR count). The first-order chi connectivity index (χ1) is 6.80. The number of fused-ring (bicyclic) bond motifs is 2. The zero-order valence-corrected chi connectivity index (χ0v) is 9.25. The molecule has 3 aliphatic rings. The Hall–Kier alpha value is -0.560. The molecule has 2 bridgehead atoms. The average molecular weight is 192 g/mol. The van der Waals surface area contributed by atoms with Crippen molar-refractivity contribution in [3.8, 4) is 0 Å². The summed E-state index contributed by atoms with van der Waals surface area (Å²) in [6.07, 6.45) is 13.2. The summed E-state index contributed by atoms with van der Waals surface area (Å²) in [6.45, 7) is 2.23. The molecule has 1 nitrogen and oxygen atoms in total. The third-order valence-electron chi connectivity index (χ3n) is 3.59. The lowest BCUT2D eigenvalue weighted by atomic mass is 9.69. The second-order valence-corrected chi connectivity index (χ2v) is 4.47. The van der Waals surface area contributed by atoms with Crippen LogP contribution in [0, 0.1) is 5.92 Å². The second kappa shape index (κ2) is 3.90. The molecular weight excluding hydrogens is 172 g/mol. The van der Waals surface area contributed by atoms with E-state index in [-0.39, 0.29) is 5.60 Å². The molecule has 0 aromatic heterocycles. The van der Waals surface area contributed by atoms with Gasteiger partial charge in [0, 0.05) is 7.11 Å². The smallest absolute Gasteiger partial charge is 0.107 e. The quantitative estimate of drug-likeness (QED) is 0.622. The fourth-order valence-corrected chi connectivity index (χ4v) is 2.64. The fourth-order valence-electron chi connectivity index (χ4n) is 2.64.